The van der Waals surface area contributed by atoms with Crippen LogP contribution in [0.25, 0.3) is 0 Å². The smallest absolute Gasteiger partial charge is 0.0811 e. The predicted octanol–water partition coefficient (Wildman–Crippen LogP) is 3.30. The minimum atomic E-state index is -0.580. The highest BCUT2D eigenvalue weighted by Gasteiger charge is 2.67. The van der Waals surface area contributed by atoms with Gasteiger partial charge in [0.1, 0.15) is 0 Å². The molecule has 0 aromatic heterocycles. The van der Waals surface area contributed by atoms with Gasteiger partial charge < -0.3 is 15.1 Å². The zero-order chi connectivity index (χ0) is 21.0. The number of fused-ring (bicyclic) bond motifs is 5. The quantitative estimate of drug-likeness (QED) is 0.684. The Kier molecular flexibility index (Phi) is 5.87. The number of aliphatic hydroxyl groups excluding tert-OH is 1. The molecular formula is C24H44N2O3. The first-order valence-electron chi connectivity index (χ1n) is 12.0. The van der Waals surface area contributed by atoms with Gasteiger partial charge >= 0.3 is 0 Å². The molecule has 5 nitrogen and oxygen atoms in total. The van der Waals surface area contributed by atoms with E-state index in [4.69, 9.17) is 4.84 Å². The van der Waals surface area contributed by atoms with Gasteiger partial charge in [0.15, 0.2) is 0 Å². The molecule has 0 amide bonds. The van der Waals surface area contributed by atoms with Crippen LogP contribution in [0.3, 0.4) is 0 Å². The molecule has 4 aliphatic rings. The Hall–Kier alpha value is -0.200. The molecule has 0 aliphatic heterocycles. The molecule has 0 heterocycles. The van der Waals surface area contributed by atoms with E-state index in [2.05, 4.69) is 45.0 Å². The highest BCUT2D eigenvalue weighted by molar-refractivity contribution is 5.18. The fraction of sp³-hybridized carbons (Fsp3) is 1.00. The van der Waals surface area contributed by atoms with Crippen LogP contribution < -0.4 is 0 Å². The van der Waals surface area contributed by atoms with Crippen molar-refractivity contribution in [1.82, 2.24) is 9.96 Å². The predicted molar refractivity (Wildman–Crippen MR) is 115 cm³/mol. The van der Waals surface area contributed by atoms with E-state index in [1.54, 1.807) is 0 Å². The van der Waals surface area contributed by atoms with Crippen molar-refractivity contribution in [2.24, 2.45) is 28.6 Å². The number of hydrogen-bond donors (Lipinski definition) is 2. The summed E-state index contributed by atoms with van der Waals surface area (Å²) in [5.74, 6) is 1.64. The third-order valence-corrected chi connectivity index (χ3v) is 10.0. The first-order chi connectivity index (χ1) is 13.6. The summed E-state index contributed by atoms with van der Waals surface area (Å²) in [5, 5.41) is 24.5. The molecule has 4 aliphatic carbocycles. The van der Waals surface area contributed by atoms with E-state index in [0.717, 1.165) is 51.5 Å². The van der Waals surface area contributed by atoms with E-state index in [9.17, 15) is 10.2 Å². The molecular weight excluding hydrogens is 364 g/mol. The van der Waals surface area contributed by atoms with Crippen LogP contribution in [0.1, 0.15) is 71.6 Å². The molecule has 0 saturated heterocycles. The highest BCUT2D eigenvalue weighted by atomic mass is 16.7. The Bertz CT molecular complexity index is 601. The van der Waals surface area contributed by atoms with Crippen molar-refractivity contribution in [3.8, 4) is 0 Å². The van der Waals surface area contributed by atoms with Gasteiger partial charge in [0, 0.05) is 25.0 Å². The van der Waals surface area contributed by atoms with Crippen molar-refractivity contribution in [3.05, 3.63) is 0 Å². The first kappa shape index (κ1) is 22.0. The van der Waals surface area contributed by atoms with Crippen LogP contribution >= 0.6 is 0 Å². The third kappa shape index (κ3) is 3.40. The summed E-state index contributed by atoms with van der Waals surface area (Å²) in [6, 6.07) is 0.286. The average molecular weight is 409 g/mol. The second-order valence-corrected chi connectivity index (χ2v) is 11.5. The van der Waals surface area contributed by atoms with Crippen molar-refractivity contribution >= 4 is 0 Å². The summed E-state index contributed by atoms with van der Waals surface area (Å²) < 4.78 is 0. The van der Waals surface area contributed by atoms with Gasteiger partial charge in [-0.05, 0) is 95.1 Å². The first-order valence-corrected chi connectivity index (χ1v) is 12.0. The lowest BCUT2D eigenvalue weighted by molar-refractivity contribution is -0.244. The van der Waals surface area contributed by atoms with Crippen LogP contribution in [0.5, 0.6) is 0 Å². The van der Waals surface area contributed by atoms with Gasteiger partial charge in [-0.25, -0.2) is 0 Å². The lowest BCUT2D eigenvalue weighted by Crippen LogP contribution is -2.64. The Morgan fingerprint density at radius 3 is 2.41 bits per heavy atom. The van der Waals surface area contributed by atoms with Crippen molar-refractivity contribution in [2.45, 2.75) is 89.4 Å². The zero-order valence-electron chi connectivity index (χ0n) is 19.4. The molecule has 5 heteroatoms. The van der Waals surface area contributed by atoms with Crippen molar-refractivity contribution in [1.29, 1.82) is 0 Å². The lowest BCUT2D eigenvalue weighted by atomic mass is 9.43. The Morgan fingerprint density at radius 2 is 1.69 bits per heavy atom. The average Bonchev–Trinajstić information content (AvgIpc) is 2.93. The molecule has 0 radical (unpaired) electrons. The van der Waals surface area contributed by atoms with E-state index >= 15 is 0 Å². The summed E-state index contributed by atoms with van der Waals surface area (Å²) in [5.41, 5.74) is -0.381. The van der Waals surface area contributed by atoms with E-state index < -0.39 is 5.60 Å². The van der Waals surface area contributed by atoms with Crippen LogP contribution in [0.4, 0.5) is 0 Å². The number of likely N-dealkylation sites (N-methyl/N-ethyl adjacent to an activating group) is 1. The summed E-state index contributed by atoms with van der Waals surface area (Å²) >= 11 is 0. The van der Waals surface area contributed by atoms with Crippen LogP contribution in [-0.4, -0.2) is 72.2 Å². The number of nitrogens with zero attached hydrogens (tertiary/aromatic N) is 2. The van der Waals surface area contributed by atoms with E-state index in [-0.39, 0.29) is 17.6 Å². The van der Waals surface area contributed by atoms with Crippen molar-refractivity contribution in [3.63, 3.8) is 0 Å². The van der Waals surface area contributed by atoms with Gasteiger partial charge in [-0.1, -0.05) is 13.8 Å². The second-order valence-electron chi connectivity index (χ2n) is 11.5. The number of rotatable bonds is 5. The van der Waals surface area contributed by atoms with Crippen molar-refractivity contribution in [2.75, 3.05) is 34.3 Å². The van der Waals surface area contributed by atoms with E-state index in [0.29, 0.717) is 29.8 Å². The van der Waals surface area contributed by atoms with Crippen molar-refractivity contribution < 1.29 is 15.1 Å². The summed E-state index contributed by atoms with van der Waals surface area (Å²) in [6.45, 7) is 6.43. The highest BCUT2D eigenvalue weighted by Crippen LogP contribution is 2.68. The van der Waals surface area contributed by atoms with Crippen LogP contribution in [0.15, 0.2) is 0 Å². The number of hydroxylamine groups is 2. The van der Waals surface area contributed by atoms with Gasteiger partial charge in [0.2, 0.25) is 0 Å². The fourth-order valence-electron chi connectivity index (χ4n) is 8.21. The second kappa shape index (κ2) is 7.74. The summed E-state index contributed by atoms with van der Waals surface area (Å²) in [7, 11) is 6.22. The summed E-state index contributed by atoms with van der Waals surface area (Å²) in [6.07, 6.45) is 9.46. The number of hydrogen-bond acceptors (Lipinski definition) is 5. The van der Waals surface area contributed by atoms with Gasteiger partial charge in [-0.15, -0.1) is 0 Å². The van der Waals surface area contributed by atoms with Crippen LogP contribution in [0.2, 0.25) is 0 Å². The number of aliphatic hydroxyl groups is 2. The fourth-order valence-corrected chi connectivity index (χ4v) is 8.21. The molecule has 4 saturated carbocycles. The Balaban J connectivity index is 1.52. The van der Waals surface area contributed by atoms with Gasteiger partial charge in [0.25, 0.3) is 0 Å². The van der Waals surface area contributed by atoms with Crippen LogP contribution in [0, 0.1) is 28.6 Å². The molecule has 0 aromatic rings. The maximum atomic E-state index is 12.2. The van der Waals surface area contributed by atoms with Gasteiger partial charge in [-0.2, -0.15) is 5.06 Å². The molecule has 4 rings (SSSR count). The molecule has 3 unspecified atom stereocenters. The Labute approximate surface area is 177 Å². The Morgan fingerprint density at radius 1 is 0.931 bits per heavy atom. The topological polar surface area (TPSA) is 56.2 Å². The monoisotopic (exact) mass is 408 g/mol. The lowest BCUT2D eigenvalue weighted by Gasteiger charge is -2.63. The van der Waals surface area contributed by atoms with Gasteiger partial charge in [0.05, 0.1) is 18.3 Å². The molecule has 29 heavy (non-hydrogen) atoms. The van der Waals surface area contributed by atoms with Crippen LogP contribution in [-0.2, 0) is 4.84 Å². The standard InChI is InChI=1S/C24H44N2O3/c1-22-11-8-18(27)16-17(22)6-7-20-19(22)9-12-23(2)21(10-13-24(20,23)28)26(5)29-15-14-25(3)4/h17-21,27-28H,6-16H2,1-5H3/t17?,18?,19-,20-,21?,22+,23-,24-/m1/s1. The molecule has 0 aromatic carbocycles. The molecule has 168 valence electrons. The minimum Gasteiger partial charge on any atom is -0.393 e. The maximum Gasteiger partial charge on any atom is 0.0811 e. The third-order valence-electron chi connectivity index (χ3n) is 10.0. The normalized spacial score (nSPS) is 49.8. The summed E-state index contributed by atoms with van der Waals surface area (Å²) in [4.78, 5) is 8.25. The molecule has 8 atom stereocenters. The van der Waals surface area contributed by atoms with E-state index in [1.807, 2.05) is 0 Å². The minimum absolute atomic E-state index is 0.0988. The maximum absolute atomic E-state index is 12.2. The van der Waals surface area contributed by atoms with Gasteiger partial charge in [-0.3, -0.25) is 4.84 Å². The molecule has 0 spiro atoms. The molecule has 4 fully saturated rings. The SMILES string of the molecule is CN(C)CCON(C)C1CC[C@@]2(O)[C@@H]3CCC4CC(O)CC[C@]4(C)[C@@H]3CC[C@]12C. The molecule has 0 bridgehead atoms. The zero-order valence-corrected chi connectivity index (χ0v) is 19.4. The largest absolute Gasteiger partial charge is 0.393 e. The molecule has 2 N–H and O–H groups in total. The van der Waals surface area contributed by atoms with E-state index in [1.165, 1.54) is 12.8 Å².